The number of likely N-dealkylation sites (tertiary alicyclic amines) is 2. The third-order valence-corrected chi connectivity index (χ3v) is 4.12. The maximum Gasteiger partial charge on any atom is 0.227 e. The highest BCUT2D eigenvalue weighted by atomic mass is 16.2. The molecule has 0 aliphatic carbocycles. The van der Waals surface area contributed by atoms with Crippen LogP contribution in [0.1, 0.15) is 46.0 Å². The first kappa shape index (κ1) is 14.4. The van der Waals surface area contributed by atoms with E-state index in [1.165, 1.54) is 0 Å². The van der Waals surface area contributed by atoms with Crippen molar-refractivity contribution in [3.63, 3.8) is 0 Å². The second kappa shape index (κ2) is 6.40. The lowest BCUT2D eigenvalue weighted by molar-refractivity contribution is -0.140. The lowest BCUT2D eigenvalue weighted by Crippen LogP contribution is -2.46. The Balaban J connectivity index is 1.89. The van der Waals surface area contributed by atoms with Crippen LogP contribution in [-0.4, -0.2) is 47.8 Å². The molecule has 0 radical (unpaired) electrons. The van der Waals surface area contributed by atoms with Crippen LogP contribution < -0.4 is 0 Å². The highest BCUT2D eigenvalue weighted by Gasteiger charge is 2.32. The minimum Gasteiger partial charge on any atom is -0.342 e. The minimum absolute atomic E-state index is 0.0444. The van der Waals surface area contributed by atoms with Gasteiger partial charge in [0.1, 0.15) is 0 Å². The van der Waals surface area contributed by atoms with E-state index in [1.807, 2.05) is 9.80 Å². The SMILES string of the molecule is CC(C)CC(=O)N1CCC[C@@H](C(=O)N2CCCC2)C1. The molecule has 4 nitrogen and oxygen atoms in total. The summed E-state index contributed by atoms with van der Waals surface area (Å²) in [5.41, 5.74) is 0. The third kappa shape index (κ3) is 3.71. The molecule has 0 saturated carbocycles. The number of amides is 2. The van der Waals surface area contributed by atoms with Crippen LogP contribution in [0.3, 0.4) is 0 Å². The van der Waals surface area contributed by atoms with E-state index >= 15 is 0 Å². The quantitative estimate of drug-likeness (QED) is 0.782. The second-order valence-corrected chi connectivity index (χ2v) is 6.31. The third-order valence-electron chi connectivity index (χ3n) is 4.12. The van der Waals surface area contributed by atoms with Crippen LogP contribution in [0.4, 0.5) is 0 Å². The molecular formula is C15H26N2O2. The smallest absolute Gasteiger partial charge is 0.227 e. The largest absolute Gasteiger partial charge is 0.342 e. The number of carbonyl (C=O) groups excluding carboxylic acids is 2. The molecule has 4 heteroatoms. The van der Waals surface area contributed by atoms with E-state index in [-0.39, 0.29) is 17.7 Å². The van der Waals surface area contributed by atoms with Gasteiger partial charge in [-0.25, -0.2) is 0 Å². The predicted molar refractivity (Wildman–Crippen MR) is 74.6 cm³/mol. The highest BCUT2D eigenvalue weighted by molar-refractivity contribution is 5.81. The molecule has 1 atom stereocenters. The van der Waals surface area contributed by atoms with Gasteiger partial charge in [0.25, 0.3) is 0 Å². The van der Waals surface area contributed by atoms with Gasteiger partial charge in [-0.05, 0) is 31.6 Å². The summed E-state index contributed by atoms with van der Waals surface area (Å²) in [6, 6.07) is 0. The molecule has 0 aromatic rings. The van der Waals surface area contributed by atoms with Crippen molar-refractivity contribution in [3.8, 4) is 0 Å². The average molecular weight is 266 g/mol. The Bertz CT molecular complexity index is 335. The van der Waals surface area contributed by atoms with E-state index < -0.39 is 0 Å². The highest BCUT2D eigenvalue weighted by Crippen LogP contribution is 2.22. The molecule has 2 rings (SSSR count). The van der Waals surface area contributed by atoms with Crippen molar-refractivity contribution in [3.05, 3.63) is 0 Å². The molecule has 0 aromatic heterocycles. The fourth-order valence-corrected chi connectivity index (χ4v) is 3.08. The van der Waals surface area contributed by atoms with Crippen LogP contribution in [0.5, 0.6) is 0 Å². The molecule has 2 aliphatic heterocycles. The second-order valence-electron chi connectivity index (χ2n) is 6.31. The van der Waals surface area contributed by atoms with Gasteiger partial charge in [0.15, 0.2) is 0 Å². The monoisotopic (exact) mass is 266 g/mol. The Hall–Kier alpha value is -1.06. The summed E-state index contributed by atoms with van der Waals surface area (Å²) in [5.74, 6) is 0.929. The Labute approximate surface area is 116 Å². The number of rotatable bonds is 3. The van der Waals surface area contributed by atoms with E-state index in [9.17, 15) is 9.59 Å². The van der Waals surface area contributed by atoms with Crippen LogP contribution in [0.25, 0.3) is 0 Å². The molecule has 2 saturated heterocycles. The van der Waals surface area contributed by atoms with Crippen molar-refractivity contribution in [1.29, 1.82) is 0 Å². The Kier molecular flexibility index (Phi) is 4.83. The van der Waals surface area contributed by atoms with Gasteiger partial charge in [-0.3, -0.25) is 9.59 Å². The molecule has 0 aromatic carbocycles. The van der Waals surface area contributed by atoms with Gasteiger partial charge in [-0.2, -0.15) is 0 Å². The van der Waals surface area contributed by atoms with Crippen LogP contribution in [-0.2, 0) is 9.59 Å². The summed E-state index contributed by atoms with van der Waals surface area (Å²) in [5, 5.41) is 0. The standard InChI is InChI=1S/C15H26N2O2/c1-12(2)10-14(18)17-9-5-6-13(11-17)15(19)16-7-3-4-8-16/h12-13H,3-11H2,1-2H3/t13-/m1/s1. The number of hydrogen-bond acceptors (Lipinski definition) is 2. The summed E-state index contributed by atoms with van der Waals surface area (Å²) >= 11 is 0. The fraction of sp³-hybridized carbons (Fsp3) is 0.867. The van der Waals surface area contributed by atoms with Crippen LogP contribution >= 0.6 is 0 Å². The predicted octanol–water partition coefficient (Wildman–Crippen LogP) is 1.89. The maximum atomic E-state index is 12.4. The van der Waals surface area contributed by atoms with Gasteiger partial charge in [0.05, 0.1) is 5.92 Å². The molecule has 0 spiro atoms. The number of hydrogen-bond donors (Lipinski definition) is 0. The molecule has 19 heavy (non-hydrogen) atoms. The molecule has 2 amide bonds. The molecule has 0 unspecified atom stereocenters. The lowest BCUT2D eigenvalue weighted by atomic mass is 9.95. The summed E-state index contributed by atoms with van der Waals surface area (Å²) < 4.78 is 0. The summed E-state index contributed by atoms with van der Waals surface area (Å²) in [6.45, 7) is 7.42. The van der Waals surface area contributed by atoms with E-state index in [4.69, 9.17) is 0 Å². The van der Waals surface area contributed by atoms with Crippen molar-refractivity contribution in [1.82, 2.24) is 9.80 Å². The number of nitrogens with zero attached hydrogens (tertiary/aromatic N) is 2. The van der Waals surface area contributed by atoms with E-state index in [2.05, 4.69) is 13.8 Å². The molecular weight excluding hydrogens is 240 g/mol. The molecule has 108 valence electrons. The van der Waals surface area contributed by atoms with Crippen molar-refractivity contribution < 1.29 is 9.59 Å². The van der Waals surface area contributed by atoms with Gasteiger partial charge >= 0.3 is 0 Å². The fourth-order valence-electron chi connectivity index (χ4n) is 3.08. The van der Waals surface area contributed by atoms with Crippen molar-refractivity contribution in [2.75, 3.05) is 26.2 Å². The van der Waals surface area contributed by atoms with Gasteiger partial charge in [0, 0.05) is 32.6 Å². The zero-order chi connectivity index (χ0) is 13.8. The molecule has 0 N–H and O–H groups in total. The molecule has 2 fully saturated rings. The first-order chi connectivity index (χ1) is 9.08. The topological polar surface area (TPSA) is 40.6 Å². The zero-order valence-corrected chi connectivity index (χ0v) is 12.2. The van der Waals surface area contributed by atoms with Crippen LogP contribution in [0, 0.1) is 11.8 Å². The van der Waals surface area contributed by atoms with Gasteiger partial charge in [-0.1, -0.05) is 13.8 Å². The Morgan fingerprint density at radius 3 is 2.32 bits per heavy atom. The Morgan fingerprint density at radius 1 is 1.05 bits per heavy atom. The van der Waals surface area contributed by atoms with Crippen LogP contribution in [0.15, 0.2) is 0 Å². The molecule has 2 heterocycles. The first-order valence-electron chi connectivity index (χ1n) is 7.64. The van der Waals surface area contributed by atoms with Crippen LogP contribution in [0.2, 0.25) is 0 Å². The maximum absolute atomic E-state index is 12.4. The van der Waals surface area contributed by atoms with E-state index in [1.54, 1.807) is 0 Å². The Morgan fingerprint density at radius 2 is 1.68 bits per heavy atom. The van der Waals surface area contributed by atoms with Crippen molar-refractivity contribution >= 4 is 11.8 Å². The number of carbonyl (C=O) groups is 2. The number of piperidine rings is 1. The summed E-state index contributed by atoms with van der Waals surface area (Å²) in [4.78, 5) is 28.4. The lowest BCUT2D eigenvalue weighted by Gasteiger charge is -2.34. The van der Waals surface area contributed by atoms with Crippen molar-refractivity contribution in [2.45, 2.75) is 46.0 Å². The van der Waals surface area contributed by atoms with Gasteiger partial charge < -0.3 is 9.80 Å². The summed E-state index contributed by atoms with van der Waals surface area (Å²) in [7, 11) is 0. The van der Waals surface area contributed by atoms with Crippen molar-refractivity contribution in [2.24, 2.45) is 11.8 Å². The molecule has 0 bridgehead atoms. The van der Waals surface area contributed by atoms with E-state index in [0.29, 0.717) is 18.9 Å². The summed E-state index contributed by atoms with van der Waals surface area (Å²) in [6.07, 6.45) is 4.78. The van der Waals surface area contributed by atoms with Gasteiger partial charge in [0.2, 0.25) is 11.8 Å². The van der Waals surface area contributed by atoms with Gasteiger partial charge in [-0.15, -0.1) is 0 Å². The first-order valence-corrected chi connectivity index (χ1v) is 7.64. The average Bonchev–Trinajstić information content (AvgIpc) is 2.91. The van der Waals surface area contributed by atoms with E-state index in [0.717, 1.165) is 45.3 Å². The molecule has 2 aliphatic rings. The normalized spacial score (nSPS) is 24.1. The zero-order valence-electron chi connectivity index (χ0n) is 12.2. The minimum atomic E-state index is 0.0444.